The third kappa shape index (κ3) is 7.19. The van der Waals surface area contributed by atoms with Gasteiger partial charge >= 0.3 is 41.9 Å². The summed E-state index contributed by atoms with van der Waals surface area (Å²) in [5.41, 5.74) is 10.7. The van der Waals surface area contributed by atoms with E-state index in [1.165, 1.54) is 66.1 Å². The molecule has 0 aliphatic carbocycles. The second kappa shape index (κ2) is 12.8. The Bertz CT molecular complexity index is 1540. The first-order valence-corrected chi connectivity index (χ1v) is 19.4. The van der Waals surface area contributed by atoms with Crippen molar-refractivity contribution in [3.05, 3.63) is 131 Å². The minimum atomic E-state index is 0.210. The molecule has 188 valence electrons. The van der Waals surface area contributed by atoms with Crippen molar-refractivity contribution in [1.29, 1.82) is 0 Å². The first kappa shape index (κ1) is 28.2. The van der Waals surface area contributed by atoms with E-state index in [4.69, 9.17) is 0 Å². The van der Waals surface area contributed by atoms with Crippen LogP contribution in [0.2, 0.25) is 13.1 Å². The maximum Gasteiger partial charge on any atom is -0.0279 e. The standard InChI is InChI=1S/2C17H15.C2H6Si.Zr/c2*1-12-6-8-14(9-7-12)16-5-3-4-15-10-13(2)11-17(15)16;1-3-2;/h2*3-11H,1-2H3;1-2H3;/q2*-1;;+2. The fourth-order valence-corrected chi connectivity index (χ4v) is 4.74. The summed E-state index contributed by atoms with van der Waals surface area (Å²) in [4.78, 5) is 0. The van der Waals surface area contributed by atoms with Crippen molar-refractivity contribution >= 4 is 27.0 Å². The Kier molecular flexibility index (Phi) is 9.53. The number of hydrogen-bond acceptors (Lipinski definition) is 0. The number of aryl methyl sites for hydroxylation is 4. The summed E-state index contributed by atoms with van der Waals surface area (Å²) in [6.45, 7) is 13.2. The summed E-state index contributed by atoms with van der Waals surface area (Å²) in [6.07, 6.45) is 0. The quantitative estimate of drug-likeness (QED) is 0.140. The van der Waals surface area contributed by atoms with Crippen molar-refractivity contribution in [3.8, 4) is 22.3 Å². The van der Waals surface area contributed by atoms with Gasteiger partial charge in [-0.05, 0) is 25.0 Å². The summed E-state index contributed by atoms with van der Waals surface area (Å²) in [5.74, 6) is 0. The third-order valence-electron chi connectivity index (χ3n) is 6.52. The molecule has 0 spiro atoms. The van der Waals surface area contributed by atoms with Gasteiger partial charge in [-0.1, -0.05) is 96.8 Å². The molecule has 0 radical (unpaired) electrons. The molecule has 0 aliphatic rings. The normalized spacial score (nSPS) is 10.5. The van der Waals surface area contributed by atoms with Gasteiger partial charge in [0, 0.05) is 0 Å². The Labute approximate surface area is 243 Å². The largest absolute Gasteiger partial charge is 0.165 e. The zero-order valence-electron chi connectivity index (χ0n) is 23.4. The number of hydrogen-bond donors (Lipinski definition) is 0. The maximum absolute atomic E-state index is 2.31. The molecule has 0 aliphatic heterocycles. The van der Waals surface area contributed by atoms with Crippen LogP contribution in [0.5, 0.6) is 0 Å². The molecule has 0 saturated heterocycles. The Hall–Kier alpha value is -2.80. The second-order valence-corrected chi connectivity index (χ2v) is 19.8. The van der Waals surface area contributed by atoms with E-state index < -0.39 is 0 Å². The second-order valence-electron chi connectivity index (χ2n) is 10.4. The Morgan fingerprint density at radius 3 is 1.21 bits per heavy atom. The molecule has 0 bridgehead atoms. The van der Waals surface area contributed by atoms with Gasteiger partial charge in [-0.15, -0.1) is 69.1 Å². The molecule has 38 heavy (non-hydrogen) atoms. The number of benzene rings is 4. The average Bonchev–Trinajstić information content (AvgIpc) is 3.45. The molecule has 0 N–H and O–H groups in total. The molecule has 0 amide bonds. The predicted molar refractivity (Wildman–Crippen MR) is 166 cm³/mol. The molecule has 0 fully saturated rings. The van der Waals surface area contributed by atoms with Gasteiger partial charge in [-0.2, -0.15) is 12.1 Å². The van der Waals surface area contributed by atoms with Crippen LogP contribution in [0.3, 0.4) is 0 Å². The predicted octanol–water partition coefficient (Wildman–Crippen LogP) is 10.5. The summed E-state index contributed by atoms with van der Waals surface area (Å²) in [6, 6.07) is 39.5. The molecule has 6 aromatic carbocycles. The zero-order chi connectivity index (χ0) is 27.2. The molecule has 0 nitrogen and oxygen atoms in total. The van der Waals surface area contributed by atoms with Gasteiger partial charge in [0.1, 0.15) is 0 Å². The van der Waals surface area contributed by atoms with Crippen molar-refractivity contribution < 1.29 is 23.3 Å². The van der Waals surface area contributed by atoms with Crippen LogP contribution in [0.15, 0.2) is 109 Å². The minimum Gasteiger partial charge on any atom is -0.165 e. The van der Waals surface area contributed by atoms with Crippen LogP contribution in [0.4, 0.5) is 0 Å². The van der Waals surface area contributed by atoms with Crippen LogP contribution in [-0.2, 0) is 23.3 Å². The van der Waals surface area contributed by atoms with Crippen molar-refractivity contribution in [2.45, 2.75) is 40.8 Å². The van der Waals surface area contributed by atoms with E-state index in [0.717, 1.165) is 0 Å². The third-order valence-corrected chi connectivity index (χ3v) is 6.52. The summed E-state index contributed by atoms with van der Waals surface area (Å²) in [5, 5.41) is 5.38. The molecule has 0 heterocycles. The molecule has 6 rings (SSSR count). The van der Waals surface area contributed by atoms with E-state index >= 15 is 0 Å². The van der Waals surface area contributed by atoms with Crippen molar-refractivity contribution in [3.63, 3.8) is 0 Å². The first-order chi connectivity index (χ1) is 18.2. The van der Waals surface area contributed by atoms with Crippen LogP contribution in [0.1, 0.15) is 22.3 Å². The van der Waals surface area contributed by atoms with Crippen LogP contribution >= 0.6 is 0 Å². The zero-order valence-corrected chi connectivity index (χ0v) is 26.9. The molecule has 0 atom stereocenters. The fraction of sp³-hybridized carbons (Fsp3) is 0.167. The number of fused-ring (bicyclic) bond motifs is 2. The van der Waals surface area contributed by atoms with Crippen LogP contribution < -0.4 is 0 Å². The van der Waals surface area contributed by atoms with E-state index in [-0.39, 0.29) is 5.43 Å². The van der Waals surface area contributed by atoms with Gasteiger partial charge in [-0.3, -0.25) is 0 Å². The molecule has 2 heteroatoms. The van der Waals surface area contributed by atoms with Gasteiger partial charge in [0.25, 0.3) is 0 Å². The van der Waals surface area contributed by atoms with Crippen molar-refractivity contribution in [1.82, 2.24) is 0 Å². The van der Waals surface area contributed by atoms with Crippen LogP contribution in [0, 0.1) is 27.7 Å². The Balaban J connectivity index is 0.000000156. The molecule has 0 aromatic heterocycles. The molecule has 6 aromatic rings. The topological polar surface area (TPSA) is 0 Å². The van der Waals surface area contributed by atoms with Gasteiger partial charge < -0.3 is 0 Å². The monoisotopic (exact) mass is 586 g/mol. The Morgan fingerprint density at radius 1 is 0.526 bits per heavy atom. The summed E-state index contributed by atoms with van der Waals surface area (Å²) in [7, 11) is 0. The maximum atomic E-state index is 2.31. The molecular weight excluding hydrogens is 552 g/mol. The minimum absolute atomic E-state index is 0.210. The summed E-state index contributed by atoms with van der Waals surface area (Å²) >= 11 is 1.74. The van der Waals surface area contributed by atoms with E-state index in [2.05, 4.69) is 150 Å². The van der Waals surface area contributed by atoms with Gasteiger partial charge in [0.05, 0.1) is 0 Å². The van der Waals surface area contributed by atoms with Gasteiger partial charge in [0.15, 0.2) is 0 Å². The SMILES string of the molecule is C[Si](C)=[Zr+2].Cc1ccc(-c2cccc3[cH-]c(C)cc23)cc1.Cc1ccc(-c2cccc3[cH-]c(C)cc23)cc1. The first-order valence-electron chi connectivity index (χ1n) is 13.2. The molecule has 0 saturated carbocycles. The van der Waals surface area contributed by atoms with E-state index in [1.807, 2.05) is 0 Å². The van der Waals surface area contributed by atoms with E-state index in [9.17, 15) is 0 Å². The van der Waals surface area contributed by atoms with Crippen molar-refractivity contribution in [2.24, 2.45) is 0 Å². The Morgan fingerprint density at radius 2 is 0.868 bits per heavy atom. The van der Waals surface area contributed by atoms with E-state index in [0.29, 0.717) is 0 Å². The van der Waals surface area contributed by atoms with Gasteiger partial charge in [0.2, 0.25) is 0 Å². The molecule has 0 unspecified atom stereocenters. The smallest absolute Gasteiger partial charge is 0.0279 e. The van der Waals surface area contributed by atoms with Crippen LogP contribution in [-0.4, -0.2) is 5.43 Å². The van der Waals surface area contributed by atoms with Crippen molar-refractivity contribution in [2.75, 3.05) is 0 Å². The number of rotatable bonds is 2. The average molecular weight is 588 g/mol. The summed E-state index contributed by atoms with van der Waals surface area (Å²) < 4.78 is 0. The van der Waals surface area contributed by atoms with Gasteiger partial charge in [-0.25, -0.2) is 0 Å². The van der Waals surface area contributed by atoms with E-state index in [1.54, 1.807) is 23.3 Å². The van der Waals surface area contributed by atoms with Crippen LogP contribution in [0.25, 0.3) is 43.8 Å². The molecular formula is C36H36SiZr. The fourth-order valence-electron chi connectivity index (χ4n) is 4.74.